The van der Waals surface area contributed by atoms with Crippen LogP contribution in [0.25, 0.3) is 0 Å². The monoisotopic (exact) mass is 335 g/mol. The third kappa shape index (κ3) is 5.29. The molecular formula is C16H21ClF3NO. The van der Waals surface area contributed by atoms with Crippen molar-refractivity contribution in [3.8, 4) is 0 Å². The van der Waals surface area contributed by atoms with Gasteiger partial charge in [0.25, 0.3) is 0 Å². The molecule has 0 unspecified atom stereocenters. The van der Waals surface area contributed by atoms with E-state index in [1.165, 1.54) is 25.0 Å². The molecular weight excluding hydrogens is 315 g/mol. The number of nitrogens with zero attached hydrogens (tertiary/aromatic N) is 1. The van der Waals surface area contributed by atoms with Crippen molar-refractivity contribution in [3.63, 3.8) is 0 Å². The molecule has 0 N–H and O–H groups in total. The summed E-state index contributed by atoms with van der Waals surface area (Å²) in [4.78, 5) is 14.4. The van der Waals surface area contributed by atoms with Crippen molar-refractivity contribution in [2.24, 2.45) is 5.92 Å². The van der Waals surface area contributed by atoms with Crippen LogP contribution in [-0.4, -0.2) is 30.3 Å². The van der Waals surface area contributed by atoms with Crippen molar-refractivity contribution in [3.05, 3.63) is 35.4 Å². The van der Waals surface area contributed by atoms with Crippen LogP contribution in [0.1, 0.15) is 30.9 Å². The van der Waals surface area contributed by atoms with E-state index >= 15 is 0 Å². The molecule has 1 fully saturated rings. The fraction of sp³-hybridized carbons (Fsp3) is 0.562. The van der Waals surface area contributed by atoms with E-state index in [1.54, 1.807) is 0 Å². The van der Waals surface area contributed by atoms with Gasteiger partial charge in [-0.05, 0) is 43.6 Å². The van der Waals surface area contributed by atoms with E-state index in [4.69, 9.17) is 0 Å². The van der Waals surface area contributed by atoms with Crippen LogP contribution in [0, 0.1) is 5.92 Å². The topological polar surface area (TPSA) is 20.3 Å². The Morgan fingerprint density at radius 1 is 1.18 bits per heavy atom. The molecule has 6 heteroatoms. The maximum atomic E-state index is 12.5. The van der Waals surface area contributed by atoms with Gasteiger partial charge in [-0.1, -0.05) is 19.1 Å². The zero-order chi connectivity index (χ0) is 15.5. The van der Waals surface area contributed by atoms with E-state index in [0.717, 1.165) is 31.8 Å². The number of ketones is 1. The van der Waals surface area contributed by atoms with Gasteiger partial charge >= 0.3 is 6.18 Å². The van der Waals surface area contributed by atoms with Crippen LogP contribution in [0.15, 0.2) is 24.3 Å². The average Bonchev–Trinajstić information content (AvgIpc) is 2.91. The average molecular weight is 336 g/mol. The maximum Gasteiger partial charge on any atom is 0.416 e. The Balaban J connectivity index is 0.00000242. The minimum absolute atomic E-state index is 0. The molecule has 1 aliphatic heterocycles. The smallest absolute Gasteiger partial charge is 0.303 e. The lowest BCUT2D eigenvalue weighted by Crippen LogP contribution is -2.30. The Morgan fingerprint density at radius 3 is 2.23 bits per heavy atom. The lowest BCUT2D eigenvalue weighted by Gasteiger charge is -2.19. The van der Waals surface area contributed by atoms with Gasteiger partial charge < -0.3 is 4.90 Å². The zero-order valence-corrected chi connectivity index (χ0v) is 13.3. The fourth-order valence-electron chi connectivity index (χ4n) is 2.64. The number of carbonyl (C=O) groups is 1. The molecule has 1 atom stereocenters. The SMILES string of the molecule is C[C@H](CN1CCCC1)C(=O)Cc1ccc(C(F)(F)F)cc1.Cl. The van der Waals surface area contributed by atoms with Gasteiger partial charge in [0.2, 0.25) is 0 Å². The highest BCUT2D eigenvalue weighted by Gasteiger charge is 2.30. The second-order valence-electron chi connectivity index (χ2n) is 5.75. The predicted octanol–water partition coefficient (Wildman–Crippen LogP) is 3.97. The van der Waals surface area contributed by atoms with Gasteiger partial charge in [-0.2, -0.15) is 13.2 Å². The second-order valence-corrected chi connectivity index (χ2v) is 5.75. The van der Waals surface area contributed by atoms with Crippen molar-refractivity contribution in [2.45, 2.75) is 32.4 Å². The first-order valence-corrected chi connectivity index (χ1v) is 7.27. The van der Waals surface area contributed by atoms with Gasteiger partial charge in [0.1, 0.15) is 5.78 Å². The Hall–Kier alpha value is -1.07. The van der Waals surface area contributed by atoms with E-state index in [1.807, 2.05) is 6.92 Å². The standard InChI is InChI=1S/C16H20F3NO.ClH/c1-12(11-20-8-2-3-9-20)15(21)10-13-4-6-14(7-5-13)16(17,18)19;/h4-7,12H,2-3,8-11H2,1H3;1H/t12-;/m1./s1. The number of hydrogen-bond donors (Lipinski definition) is 0. The van der Waals surface area contributed by atoms with Gasteiger partial charge in [0.05, 0.1) is 5.56 Å². The van der Waals surface area contributed by atoms with Crippen molar-refractivity contribution < 1.29 is 18.0 Å². The van der Waals surface area contributed by atoms with Crippen LogP contribution in [-0.2, 0) is 17.4 Å². The summed E-state index contributed by atoms with van der Waals surface area (Å²) in [7, 11) is 0. The molecule has 0 saturated carbocycles. The Bertz CT molecular complexity index is 481. The van der Waals surface area contributed by atoms with Gasteiger partial charge in [0, 0.05) is 18.9 Å². The van der Waals surface area contributed by atoms with Gasteiger partial charge in [-0.25, -0.2) is 0 Å². The molecule has 0 aromatic heterocycles. The number of carbonyl (C=O) groups excluding carboxylic acids is 1. The Morgan fingerprint density at radius 2 is 1.73 bits per heavy atom. The van der Waals surface area contributed by atoms with Crippen LogP contribution in [0.5, 0.6) is 0 Å². The molecule has 0 radical (unpaired) electrons. The highest BCUT2D eigenvalue weighted by molar-refractivity contribution is 5.85. The molecule has 0 bridgehead atoms. The third-order valence-electron chi connectivity index (χ3n) is 3.94. The number of rotatable bonds is 5. The Kier molecular flexibility index (Phi) is 6.88. The van der Waals surface area contributed by atoms with E-state index in [0.29, 0.717) is 5.56 Å². The van der Waals surface area contributed by atoms with E-state index < -0.39 is 11.7 Å². The molecule has 124 valence electrons. The molecule has 0 aliphatic carbocycles. The van der Waals surface area contributed by atoms with Crippen LogP contribution < -0.4 is 0 Å². The summed E-state index contributed by atoms with van der Waals surface area (Å²) in [5, 5.41) is 0. The molecule has 2 nitrogen and oxygen atoms in total. The third-order valence-corrected chi connectivity index (χ3v) is 3.94. The summed E-state index contributed by atoms with van der Waals surface area (Å²) in [6.45, 7) is 4.72. The second kappa shape index (κ2) is 7.97. The summed E-state index contributed by atoms with van der Waals surface area (Å²) < 4.78 is 37.4. The van der Waals surface area contributed by atoms with Crippen LogP contribution >= 0.6 is 12.4 Å². The summed E-state index contributed by atoms with van der Waals surface area (Å²) in [6, 6.07) is 4.86. The van der Waals surface area contributed by atoms with Crippen LogP contribution in [0.2, 0.25) is 0 Å². The number of Topliss-reactive ketones (excluding diaryl/α,β-unsaturated/α-hetero) is 1. The number of likely N-dealkylation sites (tertiary alicyclic amines) is 1. The van der Waals surface area contributed by atoms with E-state index in [2.05, 4.69) is 4.90 Å². The fourth-order valence-corrected chi connectivity index (χ4v) is 2.64. The van der Waals surface area contributed by atoms with Crippen molar-refractivity contribution in [1.82, 2.24) is 4.90 Å². The number of benzene rings is 1. The first kappa shape index (κ1) is 19.0. The molecule has 1 heterocycles. The largest absolute Gasteiger partial charge is 0.416 e. The van der Waals surface area contributed by atoms with Gasteiger partial charge in [-0.15, -0.1) is 12.4 Å². The first-order chi connectivity index (χ1) is 9.86. The first-order valence-electron chi connectivity index (χ1n) is 7.27. The van der Waals surface area contributed by atoms with E-state index in [-0.39, 0.29) is 30.5 Å². The molecule has 1 aromatic rings. The molecule has 0 amide bonds. The molecule has 1 aromatic carbocycles. The van der Waals surface area contributed by atoms with Gasteiger partial charge in [-0.3, -0.25) is 4.79 Å². The molecule has 1 saturated heterocycles. The normalized spacial score (nSPS) is 17.1. The number of halogens is 4. The minimum atomic E-state index is -4.33. The maximum absolute atomic E-state index is 12.5. The summed E-state index contributed by atoms with van der Waals surface area (Å²) in [5.41, 5.74) is -0.0370. The number of alkyl halides is 3. The lowest BCUT2D eigenvalue weighted by molar-refractivity contribution is -0.137. The molecule has 1 aliphatic rings. The lowest BCUT2D eigenvalue weighted by atomic mass is 9.98. The molecule has 0 spiro atoms. The number of hydrogen-bond acceptors (Lipinski definition) is 2. The molecule has 2 rings (SSSR count). The van der Waals surface area contributed by atoms with Crippen LogP contribution in [0.3, 0.4) is 0 Å². The van der Waals surface area contributed by atoms with Gasteiger partial charge in [0.15, 0.2) is 0 Å². The zero-order valence-electron chi connectivity index (χ0n) is 12.5. The van der Waals surface area contributed by atoms with Crippen molar-refractivity contribution >= 4 is 18.2 Å². The summed E-state index contributed by atoms with van der Waals surface area (Å²) >= 11 is 0. The summed E-state index contributed by atoms with van der Waals surface area (Å²) in [5.74, 6) is 0.00653. The Labute approximate surface area is 135 Å². The van der Waals surface area contributed by atoms with E-state index in [9.17, 15) is 18.0 Å². The quantitative estimate of drug-likeness (QED) is 0.811. The highest BCUT2D eigenvalue weighted by Crippen LogP contribution is 2.29. The van der Waals surface area contributed by atoms with Crippen LogP contribution in [0.4, 0.5) is 13.2 Å². The van der Waals surface area contributed by atoms with Crippen molar-refractivity contribution in [2.75, 3.05) is 19.6 Å². The van der Waals surface area contributed by atoms with Crippen molar-refractivity contribution in [1.29, 1.82) is 0 Å². The predicted molar refractivity (Wildman–Crippen MR) is 82.2 cm³/mol. The molecule has 22 heavy (non-hydrogen) atoms. The summed E-state index contributed by atoms with van der Waals surface area (Å²) in [6.07, 6.45) is -1.77. The highest BCUT2D eigenvalue weighted by atomic mass is 35.5. The minimum Gasteiger partial charge on any atom is -0.303 e.